The molecule has 3 radical (unpaired) electrons. The van der Waals surface area contributed by atoms with E-state index >= 15 is 0 Å². The molecule has 0 aromatic heterocycles. The van der Waals surface area contributed by atoms with Gasteiger partial charge in [-0.1, -0.05) is 64.9 Å². The summed E-state index contributed by atoms with van der Waals surface area (Å²) in [5, 5.41) is 48.6. The number of phenolic OH excluding ortho intramolecular Hbond substituents is 3. The number of esters is 4. The van der Waals surface area contributed by atoms with Crippen LogP contribution in [0, 0.1) is 35.5 Å². The van der Waals surface area contributed by atoms with Gasteiger partial charge in [0.1, 0.15) is 34.6 Å². The van der Waals surface area contributed by atoms with Crippen LogP contribution in [-0.4, -0.2) is 116 Å². The molecule has 1 aliphatic heterocycles. The van der Waals surface area contributed by atoms with Crippen molar-refractivity contribution < 1.29 is 87.6 Å². The maximum atomic E-state index is 12.7. The van der Waals surface area contributed by atoms with E-state index in [4.69, 9.17) is 14.2 Å². The van der Waals surface area contributed by atoms with E-state index in [0.717, 1.165) is 28.8 Å². The number of ether oxygens (including phenoxy) is 3. The number of ketones is 3. The SMILES string of the molecule is C.C[Si](C)(C)CCOC(=O)C1C2C(=O)CC(c3ccc(O)cc32)C1C(=O)O.C[Si](C)(C)CCOC(=O)C1C2CC(=O)C(c3cc(O)ccc32)C1C(=O)O.F.O=C1CC2c3ccc(O)cc3C1C1C(=O)OC(=O)C21.[B]. The number of carboxylic acids is 2. The summed E-state index contributed by atoms with van der Waals surface area (Å²) < 4.78 is 15.5. The van der Waals surface area contributed by atoms with E-state index in [1.165, 1.54) is 30.3 Å². The number of hydrogen-bond donors (Lipinski definition) is 5. The number of rotatable bonds is 10. The summed E-state index contributed by atoms with van der Waals surface area (Å²) in [4.78, 5) is 110. The average Bonchev–Trinajstić information content (AvgIpc) is 3.58. The normalized spacial score (nSPS) is 28.1. The van der Waals surface area contributed by atoms with Crippen LogP contribution >= 0.6 is 0 Å². The van der Waals surface area contributed by atoms with Crippen LogP contribution in [0.15, 0.2) is 54.6 Å². The molecule has 3 aromatic rings. The van der Waals surface area contributed by atoms with E-state index in [9.17, 15) is 68.7 Å². The van der Waals surface area contributed by atoms with E-state index in [1.54, 1.807) is 24.3 Å². The highest BCUT2D eigenvalue weighted by Gasteiger charge is 2.62. The molecule has 0 amide bonds. The minimum absolute atomic E-state index is 0. The van der Waals surface area contributed by atoms with Crippen LogP contribution in [0.5, 0.6) is 17.2 Å². The number of cyclic esters (lactones) is 2. The number of aromatic hydroxyl groups is 3. The highest BCUT2D eigenvalue weighted by molar-refractivity contribution is 6.76. The molecular weight excluding hydrogens is 995 g/mol. The Morgan fingerprint density at radius 3 is 1.30 bits per heavy atom. The molecule has 10 aliphatic rings. The van der Waals surface area contributed by atoms with Gasteiger partial charge in [-0.2, -0.15) is 0 Å². The lowest BCUT2D eigenvalue weighted by molar-refractivity contribution is -0.164. The van der Waals surface area contributed by atoms with Crippen LogP contribution in [0.1, 0.15) is 95.6 Å². The zero-order valence-corrected chi connectivity index (χ0v) is 43.2. The van der Waals surface area contributed by atoms with E-state index < -0.39 is 117 Å². The minimum Gasteiger partial charge on any atom is -0.508 e. The molecule has 1 saturated heterocycles. The Kier molecular flexibility index (Phi) is 17.2. The fourth-order valence-electron chi connectivity index (χ4n) is 12.1. The van der Waals surface area contributed by atoms with Gasteiger partial charge in [0.25, 0.3) is 0 Å². The smallest absolute Gasteiger partial charge is 0.318 e. The number of carbonyl (C=O) groups excluding carboxylic acids is 7. The maximum absolute atomic E-state index is 12.7. The lowest BCUT2D eigenvalue weighted by Gasteiger charge is -2.45. The molecule has 12 unspecified atom stereocenters. The van der Waals surface area contributed by atoms with Gasteiger partial charge in [-0.25, -0.2) is 0 Å². The number of phenols is 3. The number of hydrogen-bond acceptors (Lipinski definition) is 15. The number of carbonyl (C=O) groups is 9. The Morgan fingerprint density at radius 1 is 0.514 bits per heavy atom. The van der Waals surface area contributed by atoms with Crippen molar-refractivity contribution in [1.82, 2.24) is 0 Å². The van der Waals surface area contributed by atoms with Crippen molar-refractivity contribution in [2.24, 2.45) is 35.5 Å². The maximum Gasteiger partial charge on any atom is 0.318 e. The van der Waals surface area contributed by atoms with Gasteiger partial charge in [-0.3, -0.25) is 47.9 Å². The highest BCUT2D eigenvalue weighted by Crippen LogP contribution is 2.59. The fourth-order valence-corrected chi connectivity index (χ4v) is 13.5. The standard InChI is InChI=1S/2C19H24O6Si.C14H10O5.CH4.B.FH/c1-26(2,3)7-6-25-19(24)16-13-9-14(21)15(17(16)18(22)23)12-8-10(20)4-5-11(12)13;1-26(2,3)7-6-25-19(24)17-15-12-8-10(20)4-5-11(12)13(9-14(15)21)16(17)18(22)23;15-5-1-2-6-7(3-5)10-9(16)4-8(6)11-12(10)14(18)19-13(11)17;;;/h2*4-5,8,13,15-17,20H,6-7,9H2,1-3H3,(H,22,23);1-3,8,10-12,15H,4H2;1H4;;1H. The summed E-state index contributed by atoms with van der Waals surface area (Å²) >= 11 is 0. The predicted molar refractivity (Wildman–Crippen MR) is 270 cm³/mol. The van der Waals surface area contributed by atoms with Gasteiger partial charge in [-0.05, 0) is 81.9 Å². The molecule has 1 heterocycles. The Hall–Kier alpha value is -6.48. The van der Waals surface area contributed by atoms with Crippen molar-refractivity contribution in [2.75, 3.05) is 13.2 Å². The van der Waals surface area contributed by atoms with Crippen molar-refractivity contribution in [1.29, 1.82) is 0 Å². The van der Waals surface area contributed by atoms with Crippen molar-refractivity contribution in [2.45, 2.75) is 114 Å². The second-order valence-corrected chi connectivity index (χ2v) is 33.5. The first-order chi connectivity index (χ1) is 33.3. The third-order valence-electron chi connectivity index (χ3n) is 15.3. The molecule has 12 atom stereocenters. The molecule has 4 fully saturated rings. The van der Waals surface area contributed by atoms with Crippen LogP contribution in [0.25, 0.3) is 0 Å². The average molecular weight is 1060 g/mol. The zero-order valence-electron chi connectivity index (χ0n) is 41.2. The third-order valence-corrected chi connectivity index (χ3v) is 18.7. The van der Waals surface area contributed by atoms with Crippen molar-refractivity contribution in [3.05, 3.63) is 88.0 Å². The molecule has 3 saturated carbocycles. The number of carboxylic acid groups (broad SMARTS) is 2. The number of halogens is 1. The van der Waals surface area contributed by atoms with E-state index in [0.29, 0.717) is 16.7 Å². The van der Waals surface area contributed by atoms with Gasteiger partial charge in [0.2, 0.25) is 0 Å². The topological polar surface area (TPSA) is 282 Å². The predicted octanol–water partition coefficient (Wildman–Crippen LogP) is 6.76. The molecule has 395 valence electrons. The van der Waals surface area contributed by atoms with Gasteiger partial charge in [0.15, 0.2) is 0 Å². The monoisotopic (exact) mass is 1060 g/mol. The molecule has 0 spiro atoms. The first kappa shape index (κ1) is 58.4. The molecule has 21 heteroatoms. The van der Waals surface area contributed by atoms with Crippen LogP contribution in [0.4, 0.5) is 4.70 Å². The molecule has 5 N–H and O–H groups in total. The van der Waals surface area contributed by atoms with Gasteiger partial charge < -0.3 is 39.7 Å². The Bertz CT molecular complexity index is 2780. The highest BCUT2D eigenvalue weighted by atomic mass is 28.3. The molecule has 17 nitrogen and oxygen atoms in total. The summed E-state index contributed by atoms with van der Waals surface area (Å²) in [7, 11) is -2.78. The quantitative estimate of drug-likeness (QED) is 0.0607. The summed E-state index contributed by atoms with van der Waals surface area (Å²) in [5.74, 6) is -13.9. The van der Waals surface area contributed by atoms with E-state index in [-0.39, 0.29) is 93.5 Å². The lowest BCUT2D eigenvalue weighted by atomic mass is 9.55. The molecule has 6 bridgehead atoms. The van der Waals surface area contributed by atoms with Gasteiger partial charge >= 0.3 is 35.8 Å². The number of fused-ring (bicyclic) bond motifs is 5. The number of benzene rings is 3. The van der Waals surface area contributed by atoms with Gasteiger partial charge in [-0.15, -0.1) is 0 Å². The van der Waals surface area contributed by atoms with Crippen molar-refractivity contribution in [3.63, 3.8) is 0 Å². The molecule has 74 heavy (non-hydrogen) atoms. The summed E-state index contributed by atoms with van der Waals surface area (Å²) in [5.41, 5.74) is 4.17. The Morgan fingerprint density at radius 2 is 0.865 bits per heavy atom. The van der Waals surface area contributed by atoms with Gasteiger partial charge in [0.05, 0.1) is 66.5 Å². The van der Waals surface area contributed by atoms with Crippen molar-refractivity contribution >= 4 is 77.7 Å². The van der Waals surface area contributed by atoms with Crippen molar-refractivity contribution in [3.8, 4) is 17.2 Å². The van der Waals surface area contributed by atoms with Crippen LogP contribution in [0.3, 0.4) is 0 Å². The largest absolute Gasteiger partial charge is 0.508 e. The lowest BCUT2D eigenvalue weighted by Crippen LogP contribution is -2.50. The second-order valence-electron chi connectivity index (χ2n) is 22.2. The summed E-state index contributed by atoms with van der Waals surface area (Å²) in [6.45, 7) is 13.5. The molecule has 13 rings (SSSR count). The molecule has 9 aliphatic carbocycles. The first-order valence-corrected chi connectivity index (χ1v) is 31.3. The van der Waals surface area contributed by atoms with Gasteiger partial charge in [0, 0.05) is 61.6 Å². The number of aliphatic carboxylic acids is 2. The molecule has 3 aromatic carbocycles. The molecular formula is C53H63BFO17Si2. The van der Waals surface area contributed by atoms with Crippen LogP contribution in [0.2, 0.25) is 51.4 Å². The van der Waals surface area contributed by atoms with E-state index in [1.807, 2.05) is 0 Å². The van der Waals surface area contributed by atoms with Crippen LogP contribution in [-0.2, 0) is 57.4 Å². The Labute approximate surface area is 431 Å². The zero-order chi connectivity index (χ0) is 51.8. The second kappa shape index (κ2) is 21.8. The summed E-state index contributed by atoms with van der Waals surface area (Å²) in [6.07, 6.45) is 0.518. The third kappa shape index (κ3) is 10.9. The minimum atomic E-state index is -1.40. The number of Topliss-reactive ketones (excluding diaryl/α,β-unsaturated/α-hetero) is 3. The first-order valence-electron chi connectivity index (χ1n) is 23.9. The summed E-state index contributed by atoms with van der Waals surface area (Å²) in [6, 6.07) is 15.7. The van der Waals surface area contributed by atoms with Crippen LogP contribution < -0.4 is 0 Å². The Balaban J connectivity index is 0.000000204. The van der Waals surface area contributed by atoms with E-state index in [2.05, 4.69) is 39.3 Å². The fraction of sp³-hybridized carbons (Fsp3) is 0.491.